The molecule has 1 heterocycles. The number of hydrogen-bond donors (Lipinski definition) is 2. The van der Waals surface area contributed by atoms with Crippen molar-refractivity contribution in [1.29, 1.82) is 0 Å². The first-order chi connectivity index (χ1) is 11.4. The molecule has 2 N–H and O–H groups in total. The zero-order chi connectivity index (χ0) is 17.7. The molecule has 6 nitrogen and oxygen atoms in total. The molecule has 0 radical (unpaired) electrons. The number of aromatic nitrogens is 3. The van der Waals surface area contributed by atoms with Gasteiger partial charge in [-0.05, 0) is 38.0 Å². The van der Waals surface area contributed by atoms with Gasteiger partial charge < -0.3 is 5.32 Å². The number of aromatic amines is 1. The first-order valence-corrected chi connectivity index (χ1v) is 8.68. The van der Waals surface area contributed by atoms with E-state index >= 15 is 0 Å². The van der Waals surface area contributed by atoms with Crippen LogP contribution in [0.5, 0.6) is 0 Å². The molecule has 2 aromatic rings. The summed E-state index contributed by atoms with van der Waals surface area (Å²) in [6.45, 7) is 6.11. The van der Waals surface area contributed by atoms with Crippen LogP contribution >= 0.6 is 11.8 Å². The lowest BCUT2D eigenvalue weighted by Crippen LogP contribution is -2.33. The number of halogens is 1. The van der Waals surface area contributed by atoms with Gasteiger partial charge in [-0.2, -0.15) is 0 Å². The minimum Gasteiger partial charge on any atom is -0.349 e. The summed E-state index contributed by atoms with van der Waals surface area (Å²) < 4.78 is 14.5. The van der Waals surface area contributed by atoms with Crippen molar-refractivity contribution in [2.24, 2.45) is 0 Å². The molecule has 0 aliphatic heterocycles. The molecule has 8 heteroatoms. The van der Waals surface area contributed by atoms with E-state index in [0.717, 1.165) is 12.0 Å². The molecule has 24 heavy (non-hydrogen) atoms. The second-order valence-electron chi connectivity index (χ2n) is 5.50. The van der Waals surface area contributed by atoms with Crippen LogP contribution in [0.1, 0.15) is 38.8 Å². The number of carbonyl (C=O) groups is 1. The summed E-state index contributed by atoms with van der Waals surface area (Å²) in [5, 5.41) is 9.35. The molecule has 130 valence electrons. The maximum Gasteiger partial charge on any atom is 0.343 e. The monoisotopic (exact) mass is 352 g/mol. The van der Waals surface area contributed by atoms with Crippen molar-refractivity contribution in [1.82, 2.24) is 20.1 Å². The summed E-state index contributed by atoms with van der Waals surface area (Å²) >= 11 is 1.23. The lowest BCUT2D eigenvalue weighted by atomic mass is 10.1. The van der Waals surface area contributed by atoms with Gasteiger partial charge in [0.2, 0.25) is 5.91 Å². The second kappa shape index (κ2) is 8.14. The second-order valence-corrected chi connectivity index (χ2v) is 6.81. The number of H-pyrrole nitrogens is 1. The smallest absolute Gasteiger partial charge is 0.343 e. The number of hydrogen-bond acceptors (Lipinski definition) is 4. The third kappa shape index (κ3) is 4.47. The number of carbonyl (C=O) groups excluding carboxylic acids is 1. The SMILES string of the molecule is CCCn1c(S[C@H](C)C(=O)N[C@@H](C)c2ccc(F)cc2)n[nH]c1=O. The average molecular weight is 352 g/mol. The Hall–Kier alpha value is -2.09. The van der Waals surface area contributed by atoms with E-state index in [-0.39, 0.29) is 23.5 Å². The highest BCUT2D eigenvalue weighted by Gasteiger charge is 2.20. The molecule has 0 saturated heterocycles. The standard InChI is InChI=1S/C16H21FN4O2S/c1-4-9-21-15(23)19-20-16(21)24-11(3)14(22)18-10(2)12-5-7-13(17)8-6-12/h5-8,10-11H,4,9H2,1-3H3,(H,18,22)(H,19,23)/t10-,11+/m0/s1. The van der Waals surface area contributed by atoms with Gasteiger partial charge in [-0.3, -0.25) is 9.36 Å². The summed E-state index contributed by atoms with van der Waals surface area (Å²) in [6.07, 6.45) is 0.801. The van der Waals surface area contributed by atoms with Crippen molar-refractivity contribution in [2.75, 3.05) is 0 Å². The molecular weight excluding hydrogens is 331 g/mol. The summed E-state index contributed by atoms with van der Waals surface area (Å²) in [7, 11) is 0. The fourth-order valence-electron chi connectivity index (χ4n) is 2.19. The molecule has 0 saturated carbocycles. The predicted molar refractivity (Wildman–Crippen MR) is 91.4 cm³/mol. The molecule has 2 atom stereocenters. The zero-order valence-corrected chi connectivity index (χ0v) is 14.7. The summed E-state index contributed by atoms with van der Waals surface area (Å²) in [4.78, 5) is 24.0. The van der Waals surface area contributed by atoms with E-state index in [0.29, 0.717) is 11.7 Å². The average Bonchev–Trinajstić information content (AvgIpc) is 2.89. The molecule has 0 bridgehead atoms. The Bertz CT molecular complexity index is 741. The van der Waals surface area contributed by atoms with Crippen LogP contribution in [-0.4, -0.2) is 25.9 Å². The highest BCUT2D eigenvalue weighted by molar-refractivity contribution is 8.00. The van der Waals surface area contributed by atoms with Gasteiger partial charge in [-0.1, -0.05) is 30.8 Å². The van der Waals surface area contributed by atoms with Crippen molar-refractivity contribution in [3.63, 3.8) is 0 Å². The molecule has 0 aliphatic rings. The van der Waals surface area contributed by atoms with Gasteiger partial charge in [0.1, 0.15) is 5.82 Å². The highest BCUT2D eigenvalue weighted by atomic mass is 32.2. The Morgan fingerprint density at radius 2 is 2.04 bits per heavy atom. The number of amides is 1. The molecule has 0 fully saturated rings. The Labute approximate surface area is 143 Å². The van der Waals surface area contributed by atoms with E-state index < -0.39 is 5.25 Å². The quantitative estimate of drug-likeness (QED) is 0.750. The fraction of sp³-hybridized carbons (Fsp3) is 0.438. The van der Waals surface area contributed by atoms with E-state index in [1.807, 2.05) is 13.8 Å². The van der Waals surface area contributed by atoms with Crippen molar-refractivity contribution < 1.29 is 9.18 Å². The van der Waals surface area contributed by atoms with Gasteiger partial charge in [0.15, 0.2) is 5.16 Å². The van der Waals surface area contributed by atoms with E-state index in [1.54, 1.807) is 19.1 Å². The van der Waals surface area contributed by atoms with Crippen LogP contribution in [0.25, 0.3) is 0 Å². The summed E-state index contributed by atoms with van der Waals surface area (Å²) in [5.41, 5.74) is 0.552. The lowest BCUT2D eigenvalue weighted by molar-refractivity contribution is -0.120. The molecule has 1 amide bonds. The van der Waals surface area contributed by atoms with Crippen molar-refractivity contribution in [2.45, 2.75) is 50.2 Å². The Kier molecular flexibility index (Phi) is 6.19. The zero-order valence-electron chi connectivity index (χ0n) is 13.9. The number of rotatable bonds is 7. The van der Waals surface area contributed by atoms with Crippen LogP contribution in [0.3, 0.4) is 0 Å². The van der Waals surface area contributed by atoms with E-state index in [1.165, 1.54) is 28.5 Å². The molecular formula is C16H21FN4O2S. The van der Waals surface area contributed by atoms with Crippen LogP contribution in [0, 0.1) is 5.82 Å². The number of nitrogens with one attached hydrogen (secondary N) is 2. The first kappa shape index (κ1) is 18.3. The van der Waals surface area contributed by atoms with E-state index in [9.17, 15) is 14.0 Å². The fourth-order valence-corrected chi connectivity index (χ4v) is 3.08. The van der Waals surface area contributed by atoms with Crippen molar-refractivity contribution in [3.8, 4) is 0 Å². The molecule has 0 spiro atoms. The van der Waals surface area contributed by atoms with Crippen LogP contribution in [0.15, 0.2) is 34.2 Å². The largest absolute Gasteiger partial charge is 0.349 e. The predicted octanol–water partition coefficient (Wildman–Crippen LogP) is 2.48. The van der Waals surface area contributed by atoms with E-state index in [2.05, 4.69) is 15.5 Å². The lowest BCUT2D eigenvalue weighted by Gasteiger charge is -2.17. The van der Waals surface area contributed by atoms with Gasteiger partial charge in [0, 0.05) is 6.54 Å². The molecule has 1 aromatic heterocycles. The van der Waals surface area contributed by atoms with Crippen LogP contribution < -0.4 is 11.0 Å². The Balaban J connectivity index is 1.99. The number of benzene rings is 1. The van der Waals surface area contributed by atoms with Gasteiger partial charge in [-0.15, -0.1) is 5.10 Å². The summed E-state index contributed by atoms with van der Waals surface area (Å²) in [6, 6.07) is 5.78. The molecule has 0 unspecified atom stereocenters. The van der Waals surface area contributed by atoms with Crippen molar-refractivity contribution >= 4 is 17.7 Å². The van der Waals surface area contributed by atoms with Crippen LogP contribution in [-0.2, 0) is 11.3 Å². The highest BCUT2D eigenvalue weighted by Crippen LogP contribution is 2.21. The van der Waals surface area contributed by atoms with Crippen LogP contribution in [0.4, 0.5) is 4.39 Å². The van der Waals surface area contributed by atoms with E-state index in [4.69, 9.17) is 0 Å². The third-order valence-corrected chi connectivity index (χ3v) is 4.64. The van der Waals surface area contributed by atoms with Gasteiger partial charge in [0.25, 0.3) is 0 Å². The first-order valence-electron chi connectivity index (χ1n) is 7.80. The van der Waals surface area contributed by atoms with Gasteiger partial charge in [0.05, 0.1) is 11.3 Å². The topological polar surface area (TPSA) is 79.8 Å². The maximum absolute atomic E-state index is 13.0. The molecule has 0 aliphatic carbocycles. The normalized spacial score (nSPS) is 13.5. The number of nitrogens with zero attached hydrogens (tertiary/aromatic N) is 2. The molecule has 2 rings (SSSR count). The van der Waals surface area contributed by atoms with Crippen LogP contribution in [0.2, 0.25) is 0 Å². The number of thioether (sulfide) groups is 1. The maximum atomic E-state index is 13.0. The van der Waals surface area contributed by atoms with Gasteiger partial charge >= 0.3 is 5.69 Å². The minimum absolute atomic E-state index is 0.171. The Morgan fingerprint density at radius 1 is 1.38 bits per heavy atom. The molecule has 1 aromatic carbocycles. The minimum atomic E-state index is -0.418. The van der Waals surface area contributed by atoms with Crippen molar-refractivity contribution in [3.05, 3.63) is 46.1 Å². The third-order valence-electron chi connectivity index (χ3n) is 3.55. The Morgan fingerprint density at radius 3 is 2.67 bits per heavy atom. The summed E-state index contributed by atoms with van der Waals surface area (Å²) in [5.74, 6) is -0.482. The van der Waals surface area contributed by atoms with Gasteiger partial charge in [-0.25, -0.2) is 14.3 Å².